The molecule has 5 heteroatoms. The molecular weight excluding hydrogens is 274 g/mol. The summed E-state index contributed by atoms with van der Waals surface area (Å²) in [7, 11) is -3.04. The molecule has 0 bridgehead atoms. The maximum absolute atomic E-state index is 11.8. The van der Waals surface area contributed by atoms with Crippen LogP contribution in [0.5, 0.6) is 0 Å². The van der Waals surface area contributed by atoms with Crippen molar-refractivity contribution in [2.45, 2.75) is 58.5 Å². The summed E-state index contributed by atoms with van der Waals surface area (Å²) < 4.78 is 23.7. The lowest BCUT2D eigenvalue weighted by atomic mass is 9.60. The first-order valence-corrected chi connectivity index (χ1v) is 9.49. The summed E-state index contributed by atoms with van der Waals surface area (Å²) in [5, 5.41) is 11.1. The van der Waals surface area contributed by atoms with Gasteiger partial charge in [0, 0.05) is 12.0 Å². The molecule has 1 saturated heterocycles. The Morgan fingerprint density at radius 3 is 2.10 bits per heavy atom. The van der Waals surface area contributed by atoms with Crippen LogP contribution in [0.1, 0.15) is 52.9 Å². The molecule has 1 aliphatic carbocycles. The van der Waals surface area contributed by atoms with Crippen LogP contribution in [0.3, 0.4) is 0 Å². The summed E-state index contributed by atoms with van der Waals surface area (Å²) in [5.74, 6) is 0.832. The maximum atomic E-state index is 11.8. The highest BCUT2D eigenvalue weighted by Gasteiger charge is 2.56. The molecule has 118 valence electrons. The van der Waals surface area contributed by atoms with Crippen LogP contribution in [0.2, 0.25) is 0 Å². The third-order valence-corrected chi connectivity index (χ3v) is 7.62. The van der Waals surface area contributed by atoms with E-state index in [9.17, 15) is 13.5 Å². The van der Waals surface area contributed by atoms with Crippen molar-refractivity contribution >= 4 is 9.84 Å². The maximum Gasteiger partial charge on any atom is 0.151 e. The van der Waals surface area contributed by atoms with Gasteiger partial charge in [0.2, 0.25) is 0 Å². The van der Waals surface area contributed by atoms with E-state index in [0.717, 1.165) is 12.8 Å². The molecule has 0 amide bonds. The zero-order valence-electron chi connectivity index (χ0n) is 13.0. The number of hydrogen-bond donors (Lipinski definition) is 2. The van der Waals surface area contributed by atoms with Crippen LogP contribution in [-0.4, -0.2) is 37.2 Å². The lowest BCUT2D eigenvalue weighted by Gasteiger charge is -2.49. The SMILES string of the molecule is CC(C)(C)C1CCC(O)(C2(CN)CCS(=O)(=O)C2)CC1. The third kappa shape index (κ3) is 2.77. The van der Waals surface area contributed by atoms with Crippen molar-refractivity contribution in [3.8, 4) is 0 Å². The van der Waals surface area contributed by atoms with Crippen molar-refractivity contribution in [3.63, 3.8) is 0 Å². The van der Waals surface area contributed by atoms with Gasteiger partial charge in [-0.05, 0) is 43.4 Å². The van der Waals surface area contributed by atoms with Gasteiger partial charge in [0.1, 0.15) is 0 Å². The molecule has 2 rings (SSSR count). The molecule has 1 aliphatic heterocycles. The Morgan fingerprint density at radius 2 is 1.75 bits per heavy atom. The largest absolute Gasteiger partial charge is 0.389 e. The molecule has 1 saturated carbocycles. The third-order valence-electron chi connectivity index (χ3n) is 5.80. The number of rotatable bonds is 2. The summed E-state index contributed by atoms with van der Waals surface area (Å²) in [6.45, 7) is 6.98. The molecule has 0 aromatic carbocycles. The minimum absolute atomic E-state index is 0.0627. The second kappa shape index (κ2) is 4.96. The van der Waals surface area contributed by atoms with Crippen LogP contribution in [0, 0.1) is 16.7 Å². The predicted molar refractivity (Wildman–Crippen MR) is 81.1 cm³/mol. The summed E-state index contributed by atoms with van der Waals surface area (Å²) >= 11 is 0. The van der Waals surface area contributed by atoms with Crippen molar-refractivity contribution in [1.29, 1.82) is 0 Å². The van der Waals surface area contributed by atoms with Crippen LogP contribution in [0.25, 0.3) is 0 Å². The minimum atomic E-state index is -3.04. The first kappa shape index (κ1) is 16.2. The Labute approximate surface area is 123 Å². The average Bonchev–Trinajstić information content (AvgIpc) is 2.66. The van der Waals surface area contributed by atoms with Gasteiger partial charge in [0.25, 0.3) is 0 Å². The van der Waals surface area contributed by atoms with Gasteiger partial charge in [-0.25, -0.2) is 8.42 Å². The smallest absolute Gasteiger partial charge is 0.151 e. The van der Waals surface area contributed by atoms with Crippen molar-refractivity contribution in [2.24, 2.45) is 22.5 Å². The summed E-state index contributed by atoms with van der Waals surface area (Å²) in [5.41, 5.74) is 4.64. The van der Waals surface area contributed by atoms with E-state index in [0.29, 0.717) is 25.2 Å². The Morgan fingerprint density at radius 1 is 1.20 bits per heavy atom. The van der Waals surface area contributed by atoms with Crippen LogP contribution in [-0.2, 0) is 9.84 Å². The van der Waals surface area contributed by atoms with Gasteiger partial charge >= 0.3 is 0 Å². The minimum Gasteiger partial charge on any atom is -0.389 e. The van der Waals surface area contributed by atoms with Crippen molar-refractivity contribution in [2.75, 3.05) is 18.1 Å². The highest BCUT2D eigenvalue weighted by Crippen LogP contribution is 2.51. The van der Waals surface area contributed by atoms with Gasteiger partial charge in [0.15, 0.2) is 9.84 Å². The summed E-state index contributed by atoms with van der Waals surface area (Å²) in [4.78, 5) is 0. The second-order valence-electron chi connectivity index (χ2n) is 8.00. The molecule has 3 N–H and O–H groups in total. The standard InChI is InChI=1S/C15H29NO3S/c1-13(2,3)12-4-6-15(17,7-5-12)14(10-16)8-9-20(18,19)11-14/h12,17H,4-11,16H2,1-3H3. The molecule has 0 radical (unpaired) electrons. The van der Waals surface area contributed by atoms with E-state index >= 15 is 0 Å². The van der Waals surface area contributed by atoms with Crippen molar-refractivity contribution in [1.82, 2.24) is 0 Å². The number of aliphatic hydroxyl groups is 1. The van der Waals surface area contributed by atoms with Crippen LogP contribution >= 0.6 is 0 Å². The van der Waals surface area contributed by atoms with Crippen LogP contribution in [0.15, 0.2) is 0 Å². The first-order chi connectivity index (χ1) is 9.04. The lowest BCUT2D eigenvalue weighted by Crippen LogP contribution is -2.55. The van der Waals surface area contributed by atoms with Gasteiger partial charge in [0.05, 0.1) is 17.1 Å². The molecule has 1 atom stereocenters. The van der Waals surface area contributed by atoms with Gasteiger partial charge in [-0.15, -0.1) is 0 Å². The molecule has 0 spiro atoms. The fourth-order valence-electron chi connectivity index (χ4n) is 4.13. The Kier molecular flexibility index (Phi) is 4.03. The Hall–Kier alpha value is -0.130. The average molecular weight is 303 g/mol. The molecule has 20 heavy (non-hydrogen) atoms. The first-order valence-electron chi connectivity index (χ1n) is 7.67. The van der Waals surface area contributed by atoms with Gasteiger partial charge in [-0.1, -0.05) is 20.8 Å². The fraction of sp³-hybridized carbons (Fsp3) is 1.00. The molecule has 1 unspecified atom stereocenters. The molecule has 0 aromatic heterocycles. The monoisotopic (exact) mass is 303 g/mol. The fourth-order valence-corrected chi connectivity index (χ4v) is 6.34. The van der Waals surface area contributed by atoms with Crippen molar-refractivity contribution in [3.05, 3.63) is 0 Å². The molecule has 4 nitrogen and oxygen atoms in total. The topological polar surface area (TPSA) is 80.4 Å². The van der Waals surface area contributed by atoms with E-state index in [1.807, 2.05) is 0 Å². The number of sulfone groups is 1. The normalized spacial score (nSPS) is 41.8. The summed E-state index contributed by atoms with van der Waals surface area (Å²) in [6, 6.07) is 0. The Bertz CT molecular complexity index is 458. The van der Waals surface area contributed by atoms with E-state index in [4.69, 9.17) is 5.73 Å². The van der Waals surface area contributed by atoms with E-state index < -0.39 is 20.9 Å². The van der Waals surface area contributed by atoms with E-state index in [2.05, 4.69) is 20.8 Å². The molecule has 1 heterocycles. The van der Waals surface area contributed by atoms with E-state index in [1.54, 1.807) is 0 Å². The molecular formula is C15H29NO3S. The zero-order chi connectivity index (χ0) is 15.2. The summed E-state index contributed by atoms with van der Waals surface area (Å²) in [6.07, 6.45) is 3.80. The van der Waals surface area contributed by atoms with Gasteiger partial charge in [-0.3, -0.25) is 0 Å². The van der Waals surface area contributed by atoms with Crippen LogP contribution < -0.4 is 5.73 Å². The quantitative estimate of drug-likeness (QED) is 0.814. The number of hydrogen-bond acceptors (Lipinski definition) is 4. The highest BCUT2D eigenvalue weighted by atomic mass is 32.2. The van der Waals surface area contributed by atoms with Crippen LogP contribution in [0.4, 0.5) is 0 Å². The van der Waals surface area contributed by atoms with Gasteiger partial charge in [-0.2, -0.15) is 0 Å². The zero-order valence-corrected chi connectivity index (χ0v) is 13.8. The molecule has 2 aliphatic rings. The highest BCUT2D eigenvalue weighted by molar-refractivity contribution is 7.91. The second-order valence-corrected chi connectivity index (χ2v) is 10.2. The molecule has 0 aromatic rings. The van der Waals surface area contributed by atoms with Crippen molar-refractivity contribution < 1.29 is 13.5 Å². The number of nitrogens with two attached hydrogens (primary N) is 1. The van der Waals surface area contributed by atoms with E-state index in [1.165, 1.54) is 0 Å². The van der Waals surface area contributed by atoms with Gasteiger partial charge < -0.3 is 10.8 Å². The predicted octanol–water partition coefficient (Wildman–Crippen LogP) is 1.72. The Balaban J connectivity index is 2.17. The lowest BCUT2D eigenvalue weighted by molar-refractivity contribution is -0.109. The molecule has 2 fully saturated rings. The van der Waals surface area contributed by atoms with E-state index in [-0.39, 0.29) is 23.5 Å².